The van der Waals surface area contributed by atoms with Gasteiger partial charge in [0.25, 0.3) is 0 Å². The van der Waals surface area contributed by atoms with Crippen LogP contribution >= 0.6 is 11.8 Å². The quantitative estimate of drug-likeness (QED) is 0.805. The Labute approximate surface area is 121 Å². The molecule has 0 amide bonds. The third kappa shape index (κ3) is 1.68. The molecule has 0 saturated heterocycles. The monoisotopic (exact) mass is 282 g/mol. The Bertz CT molecular complexity index is 762. The molecule has 3 heterocycles. The summed E-state index contributed by atoms with van der Waals surface area (Å²) in [6, 6.07) is 10.2. The highest BCUT2D eigenvalue weighted by molar-refractivity contribution is 7.99. The molecule has 2 aliphatic heterocycles. The molecule has 0 aliphatic carbocycles. The number of pyridine rings is 1. The van der Waals surface area contributed by atoms with Crippen LogP contribution in [0.1, 0.15) is 17.5 Å². The third-order valence-corrected chi connectivity index (χ3v) is 4.94. The molecular formula is C16H14N2OS. The second-order valence-electron chi connectivity index (χ2n) is 5.03. The van der Waals surface area contributed by atoms with E-state index >= 15 is 0 Å². The van der Waals surface area contributed by atoms with Crippen LogP contribution in [0, 0.1) is 0 Å². The number of hydrogen-bond acceptors (Lipinski definition) is 3. The van der Waals surface area contributed by atoms with Crippen LogP contribution in [0.25, 0.3) is 5.69 Å². The van der Waals surface area contributed by atoms with Gasteiger partial charge in [0.2, 0.25) is 0 Å². The molecule has 2 aromatic rings. The molecule has 0 saturated carbocycles. The summed E-state index contributed by atoms with van der Waals surface area (Å²) in [4.78, 5) is 17.1. The fourth-order valence-corrected chi connectivity index (χ4v) is 4.10. The number of para-hydroxylation sites is 1. The van der Waals surface area contributed by atoms with Gasteiger partial charge in [-0.2, -0.15) is 0 Å². The van der Waals surface area contributed by atoms with E-state index in [-0.39, 0.29) is 5.43 Å². The van der Waals surface area contributed by atoms with Crippen LogP contribution in [0.3, 0.4) is 0 Å². The van der Waals surface area contributed by atoms with Crippen molar-refractivity contribution in [1.29, 1.82) is 0 Å². The highest BCUT2D eigenvalue weighted by Crippen LogP contribution is 2.37. The van der Waals surface area contributed by atoms with Gasteiger partial charge in [-0.3, -0.25) is 9.36 Å². The number of benzene rings is 1. The van der Waals surface area contributed by atoms with Crippen LogP contribution in [-0.4, -0.2) is 16.5 Å². The standard InChI is InChI=1S/C16H14N2OS/c19-14-12-7-4-9-17-15(12)18(11-5-2-1-3-6-11)16-13(14)8-10-20-16/h1-3,5-6,9H,4,7-8,10H2. The molecule has 0 unspecified atom stereocenters. The van der Waals surface area contributed by atoms with Crippen molar-refractivity contribution in [3.8, 4) is 5.69 Å². The largest absolute Gasteiger partial charge is 0.289 e. The summed E-state index contributed by atoms with van der Waals surface area (Å²) in [7, 11) is 0. The fourth-order valence-electron chi connectivity index (χ4n) is 2.91. The molecule has 1 aromatic heterocycles. The Morgan fingerprint density at radius 3 is 2.80 bits per heavy atom. The van der Waals surface area contributed by atoms with E-state index in [9.17, 15) is 4.79 Å². The van der Waals surface area contributed by atoms with Gasteiger partial charge in [-0.1, -0.05) is 18.2 Å². The van der Waals surface area contributed by atoms with Crippen LogP contribution in [0.5, 0.6) is 0 Å². The molecule has 20 heavy (non-hydrogen) atoms. The lowest BCUT2D eigenvalue weighted by Gasteiger charge is -2.20. The maximum Gasteiger partial charge on any atom is 0.191 e. The first kappa shape index (κ1) is 12.0. The maximum absolute atomic E-state index is 12.6. The SMILES string of the molecule is O=c1c2c(n(-c3ccccc3)c3c1CCS3)N=CCC2. The number of hydrogen-bond donors (Lipinski definition) is 0. The number of aromatic nitrogens is 1. The summed E-state index contributed by atoms with van der Waals surface area (Å²) in [5, 5.41) is 1.08. The maximum atomic E-state index is 12.6. The highest BCUT2D eigenvalue weighted by Gasteiger charge is 2.26. The number of nitrogens with zero attached hydrogens (tertiary/aromatic N) is 2. The fraction of sp³-hybridized carbons (Fsp3) is 0.250. The topological polar surface area (TPSA) is 34.4 Å². The second kappa shape index (κ2) is 4.63. The Morgan fingerprint density at radius 1 is 1.10 bits per heavy atom. The Hall–Kier alpha value is -1.81. The molecule has 0 atom stereocenters. The third-order valence-electron chi connectivity index (χ3n) is 3.83. The summed E-state index contributed by atoms with van der Waals surface area (Å²) in [6.07, 6.45) is 4.47. The van der Waals surface area contributed by atoms with E-state index < -0.39 is 0 Å². The van der Waals surface area contributed by atoms with E-state index in [0.29, 0.717) is 0 Å². The number of thioether (sulfide) groups is 1. The van der Waals surface area contributed by atoms with Gasteiger partial charge >= 0.3 is 0 Å². The van der Waals surface area contributed by atoms with Gasteiger partial charge in [0.05, 0.1) is 5.03 Å². The van der Waals surface area contributed by atoms with Gasteiger partial charge in [-0.05, 0) is 31.4 Å². The van der Waals surface area contributed by atoms with E-state index in [1.165, 1.54) is 0 Å². The van der Waals surface area contributed by atoms with Crippen molar-refractivity contribution in [3.63, 3.8) is 0 Å². The lowest BCUT2D eigenvalue weighted by molar-refractivity contribution is 0.837. The Kier molecular flexibility index (Phi) is 2.77. The lowest BCUT2D eigenvalue weighted by Crippen LogP contribution is -2.21. The zero-order valence-corrected chi connectivity index (χ0v) is 11.8. The molecule has 0 fully saturated rings. The Morgan fingerprint density at radius 2 is 1.95 bits per heavy atom. The zero-order valence-electron chi connectivity index (χ0n) is 11.0. The molecule has 4 rings (SSSR count). The minimum absolute atomic E-state index is 0.226. The van der Waals surface area contributed by atoms with Crippen LogP contribution < -0.4 is 5.43 Å². The smallest absolute Gasteiger partial charge is 0.191 e. The van der Waals surface area contributed by atoms with Gasteiger partial charge in [-0.25, -0.2) is 4.99 Å². The van der Waals surface area contributed by atoms with E-state index in [1.54, 1.807) is 11.8 Å². The van der Waals surface area contributed by atoms with E-state index in [0.717, 1.165) is 52.7 Å². The van der Waals surface area contributed by atoms with Crippen molar-refractivity contribution >= 4 is 23.8 Å². The van der Waals surface area contributed by atoms with Crippen LogP contribution in [0.2, 0.25) is 0 Å². The average molecular weight is 282 g/mol. The first-order valence-electron chi connectivity index (χ1n) is 6.88. The van der Waals surface area contributed by atoms with E-state index in [4.69, 9.17) is 0 Å². The number of rotatable bonds is 1. The molecule has 0 bridgehead atoms. The van der Waals surface area contributed by atoms with E-state index in [2.05, 4.69) is 21.7 Å². The van der Waals surface area contributed by atoms with Crippen molar-refractivity contribution in [2.75, 3.05) is 5.75 Å². The van der Waals surface area contributed by atoms with Crippen LogP contribution in [-0.2, 0) is 12.8 Å². The summed E-state index contributed by atoms with van der Waals surface area (Å²) >= 11 is 1.77. The van der Waals surface area contributed by atoms with Crippen molar-refractivity contribution in [2.24, 2.45) is 4.99 Å². The molecular weight excluding hydrogens is 268 g/mol. The summed E-state index contributed by atoms with van der Waals surface area (Å²) in [6.45, 7) is 0. The molecule has 0 radical (unpaired) electrons. The summed E-state index contributed by atoms with van der Waals surface area (Å²) in [5.41, 5.74) is 3.18. The minimum Gasteiger partial charge on any atom is -0.289 e. The molecule has 1 aromatic carbocycles. The predicted octanol–water partition coefficient (Wildman–Crippen LogP) is 3.13. The summed E-state index contributed by atoms with van der Waals surface area (Å²) < 4.78 is 2.17. The summed E-state index contributed by atoms with van der Waals surface area (Å²) in [5.74, 6) is 1.82. The Balaban J connectivity index is 2.11. The molecule has 0 spiro atoms. The van der Waals surface area contributed by atoms with Gasteiger partial charge in [-0.15, -0.1) is 11.8 Å². The molecule has 100 valence electrons. The lowest BCUT2D eigenvalue weighted by atomic mass is 10.0. The molecule has 0 N–H and O–H groups in total. The predicted molar refractivity (Wildman–Crippen MR) is 82.9 cm³/mol. The minimum atomic E-state index is 0.226. The van der Waals surface area contributed by atoms with Gasteiger partial charge in [0, 0.05) is 28.8 Å². The molecule has 3 nitrogen and oxygen atoms in total. The molecule has 2 aliphatic rings. The normalized spacial score (nSPS) is 16.0. The van der Waals surface area contributed by atoms with Crippen molar-refractivity contribution in [1.82, 2.24) is 4.57 Å². The van der Waals surface area contributed by atoms with Gasteiger partial charge < -0.3 is 0 Å². The van der Waals surface area contributed by atoms with Crippen LogP contribution in [0.15, 0.2) is 45.1 Å². The van der Waals surface area contributed by atoms with E-state index in [1.807, 2.05) is 24.4 Å². The number of aliphatic imine (C=N–C) groups is 1. The first-order chi connectivity index (χ1) is 9.86. The van der Waals surface area contributed by atoms with Crippen molar-refractivity contribution in [3.05, 3.63) is 51.7 Å². The van der Waals surface area contributed by atoms with Gasteiger partial charge in [0.15, 0.2) is 5.43 Å². The first-order valence-corrected chi connectivity index (χ1v) is 7.86. The molecule has 4 heteroatoms. The van der Waals surface area contributed by atoms with Gasteiger partial charge in [0.1, 0.15) is 5.82 Å². The van der Waals surface area contributed by atoms with Crippen LogP contribution in [0.4, 0.5) is 5.82 Å². The highest BCUT2D eigenvalue weighted by atomic mass is 32.2. The average Bonchev–Trinajstić information content (AvgIpc) is 2.98. The van der Waals surface area contributed by atoms with Crippen molar-refractivity contribution in [2.45, 2.75) is 24.3 Å². The van der Waals surface area contributed by atoms with Crippen molar-refractivity contribution < 1.29 is 0 Å². The zero-order chi connectivity index (χ0) is 13.5. The number of fused-ring (bicyclic) bond motifs is 2. The second-order valence-corrected chi connectivity index (χ2v) is 6.12.